The van der Waals surface area contributed by atoms with E-state index in [4.69, 9.17) is 16.3 Å². The van der Waals surface area contributed by atoms with Crippen LogP contribution in [0, 0.1) is 0 Å². The number of carbonyl (C=O) groups is 2. The Labute approximate surface area is 159 Å². The van der Waals surface area contributed by atoms with Crippen LogP contribution in [0.3, 0.4) is 0 Å². The molecular formula is C19H26ClN3O3. The highest BCUT2D eigenvalue weighted by Crippen LogP contribution is 2.27. The van der Waals surface area contributed by atoms with Gasteiger partial charge in [0.05, 0.1) is 10.6 Å². The van der Waals surface area contributed by atoms with E-state index in [1.807, 2.05) is 4.90 Å². The molecule has 26 heavy (non-hydrogen) atoms. The molecule has 2 aliphatic rings. The second-order valence-corrected chi connectivity index (χ2v) is 7.36. The number of methoxy groups -OCH3 is 1. The third kappa shape index (κ3) is 4.03. The van der Waals surface area contributed by atoms with E-state index < -0.39 is 5.60 Å². The first-order valence-corrected chi connectivity index (χ1v) is 9.60. The molecule has 0 saturated carbocycles. The molecule has 1 aromatic rings. The number of hydrogen-bond acceptors (Lipinski definition) is 4. The molecule has 2 N–H and O–H groups in total. The van der Waals surface area contributed by atoms with Crippen LogP contribution < -0.4 is 10.6 Å². The molecular weight excluding hydrogens is 354 g/mol. The molecule has 0 radical (unpaired) electrons. The van der Waals surface area contributed by atoms with Crippen LogP contribution in [0.25, 0.3) is 0 Å². The summed E-state index contributed by atoms with van der Waals surface area (Å²) in [5.74, 6) is -0.216. The van der Waals surface area contributed by atoms with Gasteiger partial charge in [0.1, 0.15) is 5.60 Å². The van der Waals surface area contributed by atoms with Crippen LogP contribution in [-0.2, 0) is 9.53 Å². The van der Waals surface area contributed by atoms with Gasteiger partial charge < -0.3 is 20.3 Å². The average molecular weight is 380 g/mol. The lowest BCUT2D eigenvalue weighted by Gasteiger charge is -2.34. The summed E-state index contributed by atoms with van der Waals surface area (Å²) in [6.45, 7) is 3.03. The molecule has 1 aromatic carbocycles. The Hall–Kier alpha value is -1.63. The number of likely N-dealkylation sites (tertiary alicyclic amines) is 1. The van der Waals surface area contributed by atoms with Crippen LogP contribution in [0.15, 0.2) is 18.2 Å². The van der Waals surface area contributed by atoms with Gasteiger partial charge in [-0.3, -0.25) is 9.59 Å². The molecule has 2 heterocycles. The van der Waals surface area contributed by atoms with E-state index in [1.54, 1.807) is 25.3 Å². The Bertz CT molecular complexity index is 668. The minimum atomic E-state index is -0.819. The van der Waals surface area contributed by atoms with E-state index in [0.29, 0.717) is 29.1 Å². The van der Waals surface area contributed by atoms with E-state index in [9.17, 15) is 9.59 Å². The number of nitrogens with one attached hydrogen (secondary N) is 2. The van der Waals surface area contributed by atoms with Gasteiger partial charge >= 0.3 is 0 Å². The molecule has 2 amide bonds. The van der Waals surface area contributed by atoms with Crippen LogP contribution in [0.5, 0.6) is 0 Å². The van der Waals surface area contributed by atoms with Gasteiger partial charge in [0.25, 0.3) is 11.8 Å². The van der Waals surface area contributed by atoms with Gasteiger partial charge in [0.15, 0.2) is 0 Å². The van der Waals surface area contributed by atoms with E-state index in [-0.39, 0.29) is 11.8 Å². The van der Waals surface area contributed by atoms with Crippen LogP contribution in [0.2, 0.25) is 5.02 Å². The van der Waals surface area contributed by atoms with Crippen molar-refractivity contribution in [1.29, 1.82) is 0 Å². The van der Waals surface area contributed by atoms with Crippen molar-refractivity contribution in [2.75, 3.05) is 38.6 Å². The number of anilines is 1. The first-order chi connectivity index (χ1) is 12.6. The summed E-state index contributed by atoms with van der Waals surface area (Å²) >= 11 is 6.34. The van der Waals surface area contributed by atoms with Gasteiger partial charge in [-0.25, -0.2) is 0 Å². The summed E-state index contributed by atoms with van der Waals surface area (Å²) in [5, 5.41) is 6.47. The summed E-state index contributed by atoms with van der Waals surface area (Å²) in [5.41, 5.74) is 0.236. The lowest BCUT2D eigenvalue weighted by molar-refractivity contribution is -0.140. The van der Waals surface area contributed by atoms with Crippen molar-refractivity contribution >= 4 is 29.1 Å². The van der Waals surface area contributed by atoms with Crippen LogP contribution >= 0.6 is 11.6 Å². The van der Waals surface area contributed by atoms with E-state index in [0.717, 1.165) is 39.0 Å². The van der Waals surface area contributed by atoms with Gasteiger partial charge in [-0.1, -0.05) is 11.6 Å². The molecule has 0 atom stereocenters. The number of ether oxygens (including phenoxy) is 1. The fraction of sp³-hybridized carbons (Fsp3) is 0.579. The lowest BCUT2D eigenvalue weighted by atomic mass is 9.91. The van der Waals surface area contributed by atoms with E-state index >= 15 is 0 Å². The predicted octanol–water partition coefficient (Wildman–Crippen LogP) is 2.67. The summed E-state index contributed by atoms with van der Waals surface area (Å²) in [7, 11) is 1.57. The second-order valence-electron chi connectivity index (χ2n) is 6.95. The molecule has 7 heteroatoms. The first-order valence-electron chi connectivity index (χ1n) is 9.22. The van der Waals surface area contributed by atoms with Crippen molar-refractivity contribution in [3.05, 3.63) is 28.8 Å². The maximum absolute atomic E-state index is 12.7. The number of amides is 2. The zero-order valence-corrected chi connectivity index (χ0v) is 15.9. The quantitative estimate of drug-likeness (QED) is 0.843. The third-order valence-corrected chi connectivity index (χ3v) is 5.63. The number of hydrogen-bond donors (Lipinski definition) is 2. The summed E-state index contributed by atoms with van der Waals surface area (Å²) in [6.07, 6.45) is 4.47. The minimum Gasteiger partial charge on any atom is -0.368 e. The molecule has 2 aliphatic heterocycles. The monoisotopic (exact) mass is 379 g/mol. The topological polar surface area (TPSA) is 70.7 Å². The normalized spacial score (nSPS) is 19.8. The van der Waals surface area contributed by atoms with Crippen molar-refractivity contribution in [3.63, 3.8) is 0 Å². The second kappa shape index (κ2) is 8.37. The van der Waals surface area contributed by atoms with Gasteiger partial charge in [-0.05, 0) is 63.4 Å². The molecule has 0 aromatic heterocycles. The van der Waals surface area contributed by atoms with Gasteiger partial charge in [-0.15, -0.1) is 0 Å². The number of benzene rings is 1. The molecule has 6 nitrogen and oxygen atoms in total. The molecule has 0 unspecified atom stereocenters. The minimum absolute atomic E-state index is 0.0423. The highest BCUT2D eigenvalue weighted by Gasteiger charge is 2.39. The molecule has 142 valence electrons. The first kappa shape index (κ1) is 19.1. The molecule has 2 fully saturated rings. The zero-order valence-electron chi connectivity index (χ0n) is 15.1. The third-order valence-electron chi connectivity index (χ3n) is 5.32. The number of carbonyl (C=O) groups excluding carboxylic acids is 2. The largest absolute Gasteiger partial charge is 0.368 e. The van der Waals surface area contributed by atoms with Gasteiger partial charge in [0.2, 0.25) is 0 Å². The highest BCUT2D eigenvalue weighted by molar-refractivity contribution is 6.34. The average Bonchev–Trinajstić information content (AvgIpc) is 2.68. The number of rotatable bonds is 4. The van der Waals surface area contributed by atoms with Crippen LogP contribution in [0.4, 0.5) is 5.69 Å². The molecule has 0 spiro atoms. The standard InChI is InChI=1S/C19H26ClN3O3/c1-26-19(7-9-21-10-8-19)18(25)22-14-5-6-15(16(20)13-14)17(24)23-11-3-2-4-12-23/h5-6,13,21H,2-4,7-12H2,1H3,(H,22,25). The Kier molecular flexibility index (Phi) is 6.16. The maximum atomic E-state index is 12.7. The smallest absolute Gasteiger partial charge is 0.256 e. The predicted molar refractivity (Wildman–Crippen MR) is 102 cm³/mol. The Morgan fingerprint density at radius 1 is 1.19 bits per heavy atom. The van der Waals surface area contributed by atoms with Crippen molar-refractivity contribution in [2.24, 2.45) is 0 Å². The van der Waals surface area contributed by atoms with Gasteiger partial charge in [-0.2, -0.15) is 0 Å². The molecule has 2 saturated heterocycles. The molecule has 0 aliphatic carbocycles. The van der Waals surface area contributed by atoms with Crippen molar-refractivity contribution in [3.8, 4) is 0 Å². The number of nitrogens with zero attached hydrogens (tertiary/aromatic N) is 1. The van der Waals surface area contributed by atoms with Crippen molar-refractivity contribution < 1.29 is 14.3 Å². The zero-order chi connectivity index (χ0) is 18.6. The van der Waals surface area contributed by atoms with Gasteiger partial charge in [0, 0.05) is 25.9 Å². The fourth-order valence-corrected chi connectivity index (χ4v) is 3.89. The Balaban J connectivity index is 1.70. The highest BCUT2D eigenvalue weighted by atomic mass is 35.5. The van der Waals surface area contributed by atoms with E-state index in [2.05, 4.69) is 10.6 Å². The SMILES string of the molecule is COC1(C(=O)Nc2ccc(C(=O)N3CCCCC3)c(Cl)c2)CCNCC1. The number of piperidine rings is 2. The summed E-state index contributed by atoms with van der Waals surface area (Å²) in [6, 6.07) is 5.06. The summed E-state index contributed by atoms with van der Waals surface area (Å²) < 4.78 is 5.54. The van der Waals surface area contributed by atoms with E-state index in [1.165, 1.54) is 6.42 Å². The summed E-state index contributed by atoms with van der Waals surface area (Å²) in [4.78, 5) is 27.2. The van der Waals surface area contributed by atoms with Crippen molar-refractivity contribution in [1.82, 2.24) is 10.2 Å². The van der Waals surface area contributed by atoms with Crippen LogP contribution in [0.1, 0.15) is 42.5 Å². The fourth-order valence-electron chi connectivity index (χ4n) is 3.63. The van der Waals surface area contributed by atoms with Crippen LogP contribution in [-0.4, -0.2) is 55.6 Å². The lowest BCUT2D eigenvalue weighted by Crippen LogP contribution is -2.51. The Morgan fingerprint density at radius 2 is 1.88 bits per heavy atom. The Morgan fingerprint density at radius 3 is 2.50 bits per heavy atom. The van der Waals surface area contributed by atoms with Crippen molar-refractivity contribution in [2.45, 2.75) is 37.7 Å². The molecule has 0 bridgehead atoms. The molecule has 3 rings (SSSR count). The number of halogens is 1. The maximum Gasteiger partial charge on any atom is 0.256 e.